The molecule has 0 radical (unpaired) electrons. The van der Waals surface area contributed by atoms with E-state index in [1.54, 1.807) is 19.2 Å². The summed E-state index contributed by atoms with van der Waals surface area (Å²) in [6.07, 6.45) is 0.267. The summed E-state index contributed by atoms with van der Waals surface area (Å²) in [7, 11) is 1.58. The standard InChI is InChI=1S/C12H16FNO2.C2H6/c1-16-11-8-14-7-6-12(11,15)9-2-4-10(13)5-3-9;1-2/h2-5,11,14-15H,6-8H2,1H3;1-2H3. The fourth-order valence-corrected chi connectivity index (χ4v) is 2.19. The van der Waals surface area contributed by atoms with Crippen LogP contribution in [0, 0.1) is 5.82 Å². The number of halogens is 1. The van der Waals surface area contributed by atoms with Gasteiger partial charge in [-0.15, -0.1) is 0 Å². The number of hydrogen-bond donors (Lipinski definition) is 2. The molecule has 1 aliphatic heterocycles. The Kier molecular flexibility index (Phi) is 5.72. The molecule has 4 heteroatoms. The molecule has 0 amide bonds. The van der Waals surface area contributed by atoms with E-state index in [0.29, 0.717) is 18.5 Å². The van der Waals surface area contributed by atoms with E-state index in [1.165, 1.54) is 12.1 Å². The SMILES string of the molecule is CC.COC1CNCCC1(O)c1ccc(F)cc1. The van der Waals surface area contributed by atoms with E-state index < -0.39 is 5.60 Å². The van der Waals surface area contributed by atoms with E-state index in [9.17, 15) is 9.50 Å². The summed E-state index contributed by atoms with van der Waals surface area (Å²) in [5.74, 6) is -0.296. The third kappa shape index (κ3) is 3.07. The van der Waals surface area contributed by atoms with Gasteiger partial charge in [-0.05, 0) is 30.7 Å². The lowest BCUT2D eigenvalue weighted by Crippen LogP contribution is -2.52. The lowest BCUT2D eigenvalue weighted by atomic mass is 9.83. The van der Waals surface area contributed by atoms with Crippen LogP contribution in [0.15, 0.2) is 24.3 Å². The van der Waals surface area contributed by atoms with Gasteiger partial charge in [0.2, 0.25) is 0 Å². The average Bonchev–Trinajstić information content (AvgIpc) is 2.42. The molecule has 1 aliphatic rings. The Morgan fingerprint density at radius 2 is 1.94 bits per heavy atom. The van der Waals surface area contributed by atoms with Gasteiger partial charge in [0, 0.05) is 13.7 Å². The van der Waals surface area contributed by atoms with Crippen molar-refractivity contribution in [2.45, 2.75) is 32.0 Å². The second-order valence-electron chi connectivity index (χ2n) is 4.11. The van der Waals surface area contributed by atoms with Crippen LogP contribution >= 0.6 is 0 Å². The van der Waals surface area contributed by atoms with Crippen LogP contribution in [0.2, 0.25) is 0 Å². The molecule has 2 rings (SSSR count). The second kappa shape index (κ2) is 6.83. The molecule has 1 heterocycles. The van der Waals surface area contributed by atoms with Crippen molar-refractivity contribution in [2.75, 3.05) is 20.2 Å². The van der Waals surface area contributed by atoms with Crippen molar-refractivity contribution < 1.29 is 14.2 Å². The van der Waals surface area contributed by atoms with Gasteiger partial charge in [-0.1, -0.05) is 26.0 Å². The van der Waals surface area contributed by atoms with E-state index in [4.69, 9.17) is 4.74 Å². The van der Waals surface area contributed by atoms with Crippen LogP contribution in [0.5, 0.6) is 0 Å². The molecule has 102 valence electrons. The summed E-state index contributed by atoms with van der Waals surface area (Å²) < 4.78 is 18.1. The van der Waals surface area contributed by atoms with E-state index >= 15 is 0 Å². The fraction of sp³-hybridized carbons (Fsp3) is 0.571. The van der Waals surface area contributed by atoms with Gasteiger partial charge in [0.05, 0.1) is 0 Å². The summed E-state index contributed by atoms with van der Waals surface area (Å²) in [6.45, 7) is 5.33. The molecule has 1 saturated heterocycles. The Morgan fingerprint density at radius 1 is 1.33 bits per heavy atom. The number of methoxy groups -OCH3 is 1. The molecule has 0 aromatic heterocycles. The van der Waals surface area contributed by atoms with Crippen LogP contribution in [0.3, 0.4) is 0 Å². The fourth-order valence-electron chi connectivity index (χ4n) is 2.19. The molecule has 2 unspecified atom stereocenters. The molecule has 0 aliphatic carbocycles. The van der Waals surface area contributed by atoms with Crippen molar-refractivity contribution in [1.29, 1.82) is 0 Å². The van der Waals surface area contributed by atoms with Gasteiger partial charge in [0.15, 0.2) is 0 Å². The Hall–Kier alpha value is -0.970. The summed E-state index contributed by atoms with van der Waals surface area (Å²) in [4.78, 5) is 0. The highest BCUT2D eigenvalue weighted by atomic mass is 19.1. The smallest absolute Gasteiger partial charge is 0.123 e. The Labute approximate surface area is 108 Å². The average molecular weight is 255 g/mol. The molecule has 1 aromatic carbocycles. The molecule has 2 N–H and O–H groups in total. The van der Waals surface area contributed by atoms with Crippen molar-refractivity contribution in [3.05, 3.63) is 35.6 Å². The maximum atomic E-state index is 12.8. The van der Waals surface area contributed by atoms with Gasteiger partial charge in [-0.2, -0.15) is 0 Å². The zero-order valence-corrected chi connectivity index (χ0v) is 11.2. The topological polar surface area (TPSA) is 41.5 Å². The highest BCUT2D eigenvalue weighted by Gasteiger charge is 2.40. The Bertz CT molecular complexity index is 355. The third-order valence-electron chi connectivity index (χ3n) is 3.17. The maximum Gasteiger partial charge on any atom is 0.123 e. The van der Waals surface area contributed by atoms with Crippen LogP contribution in [0.25, 0.3) is 0 Å². The highest BCUT2D eigenvalue weighted by Crippen LogP contribution is 2.32. The number of rotatable bonds is 2. The highest BCUT2D eigenvalue weighted by molar-refractivity contribution is 5.25. The molecular weight excluding hydrogens is 233 g/mol. The first-order valence-electron chi connectivity index (χ1n) is 6.39. The summed E-state index contributed by atoms with van der Waals surface area (Å²) in [6, 6.07) is 5.96. The quantitative estimate of drug-likeness (QED) is 0.850. The minimum atomic E-state index is -1.02. The zero-order valence-electron chi connectivity index (χ0n) is 11.2. The molecule has 2 atom stereocenters. The first-order chi connectivity index (χ1) is 8.66. The largest absolute Gasteiger partial charge is 0.382 e. The lowest BCUT2D eigenvalue weighted by Gasteiger charge is -2.39. The monoisotopic (exact) mass is 255 g/mol. The van der Waals surface area contributed by atoms with E-state index in [0.717, 1.165) is 6.54 Å². The van der Waals surface area contributed by atoms with Crippen LogP contribution in [0.4, 0.5) is 4.39 Å². The van der Waals surface area contributed by atoms with Gasteiger partial charge < -0.3 is 15.2 Å². The van der Waals surface area contributed by atoms with Gasteiger partial charge >= 0.3 is 0 Å². The number of benzene rings is 1. The number of piperidine rings is 1. The number of nitrogens with one attached hydrogen (secondary N) is 1. The molecular formula is C14H22FNO2. The normalized spacial score (nSPS) is 27.3. The number of aliphatic hydroxyl groups is 1. The molecule has 18 heavy (non-hydrogen) atoms. The van der Waals surface area contributed by atoms with Crippen molar-refractivity contribution in [3.63, 3.8) is 0 Å². The molecule has 3 nitrogen and oxygen atoms in total. The molecule has 1 fully saturated rings. The van der Waals surface area contributed by atoms with Gasteiger partial charge in [-0.25, -0.2) is 4.39 Å². The van der Waals surface area contributed by atoms with Crippen LogP contribution < -0.4 is 5.32 Å². The first kappa shape index (κ1) is 15.1. The van der Waals surface area contributed by atoms with E-state index in [-0.39, 0.29) is 11.9 Å². The summed E-state index contributed by atoms with van der Waals surface area (Å²) >= 11 is 0. The maximum absolute atomic E-state index is 12.8. The summed E-state index contributed by atoms with van der Waals surface area (Å²) in [5.41, 5.74) is -0.310. The molecule has 0 bridgehead atoms. The van der Waals surface area contributed by atoms with E-state index in [2.05, 4.69) is 5.32 Å². The van der Waals surface area contributed by atoms with Crippen molar-refractivity contribution >= 4 is 0 Å². The van der Waals surface area contributed by atoms with Crippen molar-refractivity contribution in [1.82, 2.24) is 5.32 Å². The first-order valence-corrected chi connectivity index (χ1v) is 6.39. The van der Waals surface area contributed by atoms with Gasteiger partial charge in [0.25, 0.3) is 0 Å². The number of ether oxygens (including phenoxy) is 1. The zero-order chi connectivity index (χ0) is 13.6. The van der Waals surface area contributed by atoms with Gasteiger partial charge in [0.1, 0.15) is 17.5 Å². The van der Waals surface area contributed by atoms with Gasteiger partial charge in [-0.3, -0.25) is 0 Å². The predicted molar refractivity (Wildman–Crippen MR) is 69.9 cm³/mol. The lowest BCUT2D eigenvalue weighted by molar-refractivity contribution is -0.115. The summed E-state index contributed by atoms with van der Waals surface area (Å²) in [5, 5.41) is 13.8. The molecule has 0 spiro atoms. The minimum Gasteiger partial charge on any atom is -0.382 e. The second-order valence-corrected chi connectivity index (χ2v) is 4.11. The number of hydrogen-bond acceptors (Lipinski definition) is 3. The molecule has 1 aromatic rings. The van der Waals surface area contributed by atoms with Crippen LogP contribution in [-0.2, 0) is 10.3 Å². The van der Waals surface area contributed by atoms with Crippen LogP contribution in [-0.4, -0.2) is 31.4 Å². The third-order valence-corrected chi connectivity index (χ3v) is 3.17. The van der Waals surface area contributed by atoms with Crippen molar-refractivity contribution in [3.8, 4) is 0 Å². The van der Waals surface area contributed by atoms with E-state index in [1.807, 2.05) is 13.8 Å². The minimum absolute atomic E-state index is 0.296. The Morgan fingerprint density at radius 3 is 2.50 bits per heavy atom. The Balaban J connectivity index is 0.000000771. The van der Waals surface area contributed by atoms with Crippen molar-refractivity contribution in [2.24, 2.45) is 0 Å². The predicted octanol–water partition coefficient (Wildman–Crippen LogP) is 2.05. The van der Waals surface area contributed by atoms with Crippen LogP contribution in [0.1, 0.15) is 25.8 Å². The molecule has 0 saturated carbocycles.